The van der Waals surface area contributed by atoms with Crippen LogP contribution >= 0.6 is 23.1 Å². The lowest BCUT2D eigenvalue weighted by atomic mass is 9.83. The molecular formula is C26H21F3N4O7S2. The highest BCUT2D eigenvalue weighted by Gasteiger charge is 2.58. The summed E-state index contributed by atoms with van der Waals surface area (Å²) in [5.41, 5.74) is 4.71. The number of nitrogens with two attached hydrogens (primary N) is 1. The van der Waals surface area contributed by atoms with E-state index < -0.39 is 64.0 Å². The molecule has 3 unspecified atom stereocenters. The van der Waals surface area contributed by atoms with Crippen LogP contribution < -0.4 is 25.4 Å². The van der Waals surface area contributed by atoms with Crippen molar-refractivity contribution in [3.8, 4) is 11.5 Å². The highest BCUT2D eigenvalue weighted by atomic mass is 32.2. The molecule has 2 aliphatic heterocycles. The number of fused-ring (bicyclic) bond motifs is 2. The monoisotopic (exact) mass is 622 g/mol. The zero-order valence-corrected chi connectivity index (χ0v) is 23.4. The van der Waals surface area contributed by atoms with Gasteiger partial charge in [-0.15, -0.1) is 0 Å². The maximum atomic E-state index is 13.3. The second kappa shape index (κ2) is 10.8. The van der Waals surface area contributed by atoms with Gasteiger partial charge in [-0.05, 0) is 35.9 Å². The highest BCUT2D eigenvalue weighted by molar-refractivity contribution is 8.00. The number of likely N-dealkylation sites (tertiary alicyclic amines) is 1. The minimum absolute atomic E-state index is 0.128. The molecule has 11 nitrogen and oxygen atoms in total. The van der Waals surface area contributed by atoms with Crippen LogP contribution in [-0.2, 0) is 27.1 Å². The number of ether oxygens (including phenoxy) is 2. The number of halogens is 3. The number of imide groups is 3. The summed E-state index contributed by atoms with van der Waals surface area (Å²) in [7, 11) is 2.84. The molecule has 3 heterocycles. The Morgan fingerprint density at radius 2 is 1.74 bits per heavy atom. The maximum Gasteiger partial charge on any atom is 0.416 e. The molecule has 1 saturated heterocycles. The number of nitrogens with one attached hydrogen (secondary N) is 1. The van der Waals surface area contributed by atoms with Crippen molar-refractivity contribution in [3.63, 3.8) is 0 Å². The van der Waals surface area contributed by atoms with E-state index in [1.54, 1.807) is 18.2 Å². The first-order valence-corrected chi connectivity index (χ1v) is 13.8. The largest absolute Gasteiger partial charge is 0.493 e. The van der Waals surface area contributed by atoms with Gasteiger partial charge in [-0.1, -0.05) is 35.2 Å². The summed E-state index contributed by atoms with van der Waals surface area (Å²) in [5.74, 6) is -3.81. The predicted molar refractivity (Wildman–Crippen MR) is 145 cm³/mol. The Hall–Kier alpha value is -4.31. The number of aromatic nitrogens is 1. The number of anilines is 1. The van der Waals surface area contributed by atoms with Crippen molar-refractivity contribution in [2.45, 2.75) is 28.9 Å². The van der Waals surface area contributed by atoms with Crippen molar-refractivity contribution in [2.24, 2.45) is 11.7 Å². The predicted octanol–water partition coefficient (Wildman–Crippen LogP) is 3.25. The van der Waals surface area contributed by atoms with Crippen molar-refractivity contribution in [2.75, 3.05) is 19.5 Å². The summed E-state index contributed by atoms with van der Waals surface area (Å²) in [6, 6.07) is 7.57. The molecule has 0 radical (unpaired) electrons. The summed E-state index contributed by atoms with van der Waals surface area (Å²) >= 11 is 1.59. The van der Waals surface area contributed by atoms with E-state index in [9.17, 15) is 37.1 Å². The summed E-state index contributed by atoms with van der Waals surface area (Å²) in [6.07, 6.45) is -4.62. The zero-order valence-electron chi connectivity index (χ0n) is 21.8. The van der Waals surface area contributed by atoms with Crippen molar-refractivity contribution in [1.29, 1.82) is 0 Å². The number of urea groups is 1. The molecule has 2 aromatic carbocycles. The van der Waals surface area contributed by atoms with E-state index in [0.29, 0.717) is 26.8 Å². The lowest BCUT2D eigenvalue weighted by molar-refractivity contribution is -0.138. The fourth-order valence-electron chi connectivity index (χ4n) is 5.00. The summed E-state index contributed by atoms with van der Waals surface area (Å²) in [5, 5.41) is 1.41. The van der Waals surface area contributed by atoms with Gasteiger partial charge in [0.2, 0.25) is 11.8 Å². The number of benzene rings is 2. The first-order chi connectivity index (χ1) is 19.8. The zero-order chi connectivity index (χ0) is 30.5. The Morgan fingerprint density at radius 3 is 2.38 bits per heavy atom. The molecule has 0 spiro atoms. The van der Waals surface area contributed by atoms with Crippen LogP contribution in [0, 0.1) is 5.92 Å². The Kier molecular flexibility index (Phi) is 7.53. The quantitative estimate of drug-likeness (QED) is 0.398. The number of methoxy groups -OCH3 is 2. The van der Waals surface area contributed by atoms with Gasteiger partial charge in [0.05, 0.1) is 30.7 Å². The van der Waals surface area contributed by atoms with Crippen molar-refractivity contribution < 1.29 is 41.8 Å². The van der Waals surface area contributed by atoms with Crippen LogP contribution in [0.4, 0.5) is 23.7 Å². The van der Waals surface area contributed by atoms with Crippen LogP contribution in [0.15, 0.2) is 52.3 Å². The molecule has 0 aliphatic carbocycles. The second-order valence-corrected chi connectivity index (χ2v) is 11.4. The first kappa shape index (κ1) is 29.2. The number of nitrogens with zero attached hydrogens (tertiary/aromatic N) is 2. The topological polar surface area (TPSA) is 150 Å². The highest BCUT2D eigenvalue weighted by Crippen LogP contribution is 2.54. The number of primary amides is 1. The molecule has 0 bridgehead atoms. The number of rotatable bonds is 6. The van der Waals surface area contributed by atoms with Gasteiger partial charge < -0.3 is 20.5 Å². The van der Waals surface area contributed by atoms with Crippen molar-refractivity contribution in [3.05, 3.63) is 68.1 Å². The second-order valence-electron chi connectivity index (χ2n) is 9.26. The average Bonchev–Trinajstić information content (AvgIpc) is 3.38. The molecule has 220 valence electrons. The van der Waals surface area contributed by atoms with Crippen molar-refractivity contribution >= 4 is 52.5 Å². The molecule has 1 fully saturated rings. The molecule has 5 rings (SSSR count). The maximum absolute atomic E-state index is 13.3. The standard InChI is InChI=1S/C26H21F3N4O7S2/c1-39-14-7-6-11(8-15(14)40-2)17-18-19(22(36)33(21(18)35)24(30)37)41-23-20(17)42-25(38)32(23)10-16(34)31-13-5-3-4-12(9-13)26(27,28)29/h3-9,17-19H,10H2,1-2H3,(H2,30,37)(H,31,34). The number of alkyl halides is 3. The number of hydrogen-bond donors (Lipinski definition) is 2. The van der Waals surface area contributed by atoms with Gasteiger partial charge in [-0.25, -0.2) is 4.79 Å². The minimum atomic E-state index is -4.62. The fraction of sp³-hybridized carbons (Fsp3) is 0.269. The third-order valence-electron chi connectivity index (χ3n) is 6.81. The normalized spacial score (nSPS) is 19.7. The van der Waals surface area contributed by atoms with E-state index in [1.165, 1.54) is 20.3 Å². The van der Waals surface area contributed by atoms with Crippen LogP contribution in [0.5, 0.6) is 11.5 Å². The average molecular weight is 623 g/mol. The van der Waals surface area contributed by atoms with Crippen LogP contribution in [-0.4, -0.2) is 52.7 Å². The van der Waals surface area contributed by atoms with Crippen LogP contribution in [0.2, 0.25) is 0 Å². The Balaban J connectivity index is 1.56. The molecule has 2 aliphatic rings. The molecular weight excluding hydrogens is 601 g/mol. The van der Waals surface area contributed by atoms with E-state index >= 15 is 0 Å². The SMILES string of the molecule is COc1ccc(C2c3sc(=O)n(CC(=O)Nc4cccc(C(F)(F)F)c4)c3SC3C(=O)N(C(N)=O)C(=O)C32)cc1OC. The molecule has 5 amide bonds. The van der Waals surface area contributed by atoms with Gasteiger partial charge in [0, 0.05) is 16.5 Å². The third kappa shape index (κ3) is 5.00. The van der Waals surface area contributed by atoms with E-state index in [1.807, 2.05) is 0 Å². The number of amides is 5. The number of thiazole rings is 1. The fourth-order valence-corrected chi connectivity index (χ4v) is 7.77. The van der Waals surface area contributed by atoms with E-state index in [0.717, 1.165) is 45.9 Å². The third-order valence-corrected chi connectivity index (χ3v) is 9.42. The number of carbonyl (C=O) groups excluding carboxylic acids is 4. The lowest BCUT2D eigenvalue weighted by Crippen LogP contribution is -2.41. The first-order valence-electron chi connectivity index (χ1n) is 12.1. The molecule has 1 aromatic heterocycles. The Bertz CT molecular complexity index is 1690. The van der Waals surface area contributed by atoms with Gasteiger partial charge >= 0.3 is 17.1 Å². The van der Waals surface area contributed by atoms with E-state index in [4.69, 9.17) is 15.2 Å². The molecule has 3 atom stereocenters. The summed E-state index contributed by atoms with van der Waals surface area (Å²) in [4.78, 5) is 64.7. The van der Waals surface area contributed by atoms with Gasteiger partial charge in [0.15, 0.2) is 11.5 Å². The molecule has 3 N–H and O–H groups in total. The van der Waals surface area contributed by atoms with Gasteiger partial charge in [-0.2, -0.15) is 18.1 Å². The molecule has 3 aromatic rings. The minimum Gasteiger partial charge on any atom is -0.493 e. The van der Waals surface area contributed by atoms with Crippen LogP contribution in [0.25, 0.3) is 0 Å². The van der Waals surface area contributed by atoms with Gasteiger partial charge in [0.25, 0.3) is 5.91 Å². The number of hydrogen-bond acceptors (Lipinski definition) is 9. The smallest absolute Gasteiger partial charge is 0.416 e. The van der Waals surface area contributed by atoms with Gasteiger partial charge in [0.1, 0.15) is 11.8 Å². The van der Waals surface area contributed by atoms with E-state index in [-0.39, 0.29) is 10.7 Å². The lowest BCUT2D eigenvalue weighted by Gasteiger charge is -2.31. The number of carbonyl (C=O) groups is 4. The Morgan fingerprint density at radius 1 is 1.02 bits per heavy atom. The molecule has 16 heteroatoms. The van der Waals surface area contributed by atoms with Crippen molar-refractivity contribution in [1.82, 2.24) is 9.47 Å². The van der Waals surface area contributed by atoms with E-state index in [2.05, 4.69) is 5.32 Å². The number of thioether (sulfide) groups is 1. The molecule has 42 heavy (non-hydrogen) atoms. The Labute approximate surface area is 243 Å². The molecule has 0 saturated carbocycles. The summed E-state index contributed by atoms with van der Waals surface area (Å²) < 4.78 is 51.1. The van der Waals surface area contributed by atoms with Gasteiger partial charge in [-0.3, -0.25) is 23.7 Å². The summed E-state index contributed by atoms with van der Waals surface area (Å²) in [6.45, 7) is -0.592. The van der Waals surface area contributed by atoms with Crippen LogP contribution in [0.3, 0.4) is 0 Å². The van der Waals surface area contributed by atoms with Crippen LogP contribution in [0.1, 0.15) is 21.9 Å².